The topological polar surface area (TPSA) is 193 Å². The van der Waals surface area contributed by atoms with Crippen LogP contribution >= 0.6 is 0 Å². The molecule has 300 valence electrons. The fourth-order valence-corrected chi connectivity index (χ4v) is 6.23. The number of amides is 2. The van der Waals surface area contributed by atoms with Crippen LogP contribution in [0.15, 0.2) is 54.7 Å². The van der Waals surface area contributed by atoms with Gasteiger partial charge in [-0.2, -0.15) is 0 Å². The third-order valence-electron chi connectivity index (χ3n) is 8.94. The van der Waals surface area contributed by atoms with Crippen LogP contribution in [0.4, 0.5) is 5.82 Å². The van der Waals surface area contributed by atoms with Gasteiger partial charge in [0, 0.05) is 25.7 Å². The van der Waals surface area contributed by atoms with E-state index in [0.717, 1.165) is 53.9 Å². The number of carboxylic acid groups (broad SMARTS) is 1. The lowest BCUT2D eigenvalue weighted by molar-refractivity contribution is -0.138. The van der Waals surface area contributed by atoms with E-state index in [1.165, 1.54) is 11.1 Å². The van der Waals surface area contributed by atoms with Crippen LogP contribution in [0.5, 0.6) is 5.75 Å². The minimum Gasteiger partial charge on any atom is -0.491 e. The molecule has 14 heteroatoms. The van der Waals surface area contributed by atoms with Crippen molar-refractivity contribution >= 4 is 23.6 Å². The number of aliphatic carboxylic acids is 1. The molecule has 0 spiro atoms. The molecule has 1 atom stereocenters. The zero-order valence-electron chi connectivity index (χ0n) is 31.9. The molecular weight excluding hydrogens is 706 g/mol. The number of carbonyl (C=O) groups excluding carboxylic acids is 2. The predicted octanol–water partition coefficient (Wildman–Crippen LogP) is 3.98. The maximum Gasteiger partial charge on any atom is 0.305 e. The monoisotopic (exact) mass is 763 g/mol. The molecule has 0 radical (unpaired) electrons. The maximum absolute atomic E-state index is 12.8. The molecule has 6 N–H and O–H groups in total. The number of hydrogen-bond acceptors (Lipinski definition) is 11. The Labute approximate surface area is 323 Å². The Hall–Kier alpha value is -4.60. The number of nitrogens with two attached hydrogens (primary N) is 1. The first-order chi connectivity index (χ1) is 26.8. The van der Waals surface area contributed by atoms with Gasteiger partial charge in [-0.1, -0.05) is 30.3 Å². The molecule has 0 bridgehead atoms. The molecule has 2 aromatic carbocycles. The van der Waals surface area contributed by atoms with Crippen LogP contribution in [0.3, 0.4) is 0 Å². The van der Waals surface area contributed by atoms with E-state index in [2.05, 4.69) is 27.0 Å². The highest BCUT2D eigenvalue weighted by molar-refractivity contribution is 5.85. The Kier molecular flexibility index (Phi) is 19.4. The van der Waals surface area contributed by atoms with Crippen molar-refractivity contribution in [1.29, 1.82) is 0 Å². The smallest absolute Gasteiger partial charge is 0.305 e. The third kappa shape index (κ3) is 16.0. The molecule has 0 saturated heterocycles. The van der Waals surface area contributed by atoms with E-state index in [9.17, 15) is 19.5 Å². The van der Waals surface area contributed by atoms with Gasteiger partial charge < -0.3 is 50.5 Å². The SMILES string of the molecule is Cc1ccnc(NCCCC(=O)NCC(=O)N[C@@H](CC(=O)O)c2ccc(-c3ccc(OCCOCCOCCOCCOCCN)c4c3CCCC4)cc2)c1. The van der Waals surface area contributed by atoms with Crippen molar-refractivity contribution in [3.63, 3.8) is 0 Å². The molecule has 4 rings (SSSR count). The Balaban J connectivity index is 1.21. The lowest BCUT2D eigenvalue weighted by Gasteiger charge is -2.23. The van der Waals surface area contributed by atoms with Crippen molar-refractivity contribution in [2.75, 3.05) is 84.4 Å². The van der Waals surface area contributed by atoms with Crippen molar-refractivity contribution in [2.45, 2.75) is 57.9 Å². The summed E-state index contributed by atoms with van der Waals surface area (Å²) < 4.78 is 28.1. The minimum absolute atomic E-state index is 0.235. The number of rotatable bonds is 27. The number of benzene rings is 2. The summed E-state index contributed by atoms with van der Waals surface area (Å²) in [7, 11) is 0. The van der Waals surface area contributed by atoms with Crippen LogP contribution in [0.25, 0.3) is 11.1 Å². The van der Waals surface area contributed by atoms with Crippen molar-refractivity contribution < 1.29 is 43.2 Å². The highest BCUT2D eigenvalue weighted by Gasteiger charge is 2.21. The number of carbonyl (C=O) groups is 3. The van der Waals surface area contributed by atoms with Gasteiger partial charge in [0.05, 0.1) is 71.9 Å². The zero-order valence-corrected chi connectivity index (χ0v) is 31.9. The van der Waals surface area contributed by atoms with Crippen molar-refractivity contribution in [3.05, 3.63) is 77.0 Å². The van der Waals surface area contributed by atoms with Crippen molar-refractivity contribution in [1.82, 2.24) is 15.6 Å². The van der Waals surface area contributed by atoms with E-state index in [0.29, 0.717) is 84.5 Å². The van der Waals surface area contributed by atoms with Crippen LogP contribution in [0, 0.1) is 6.92 Å². The third-order valence-corrected chi connectivity index (χ3v) is 8.94. The summed E-state index contributed by atoms with van der Waals surface area (Å²) in [6.07, 6.45) is 6.26. The van der Waals surface area contributed by atoms with E-state index < -0.39 is 17.9 Å². The van der Waals surface area contributed by atoms with Gasteiger partial charge >= 0.3 is 5.97 Å². The normalized spacial score (nSPS) is 12.8. The number of aromatic nitrogens is 1. The van der Waals surface area contributed by atoms with Gasteiger partial charge in [0.2, 0.25) is 11.8 Å². The first kappa shape index (κ1) is 43.1. The van der Waals surface area contributed by atoms with Crippen LogP contribution in [-0.2, 0) is 46.2 Å². The summed E-state index contributed by atoms with van der Waals surface area (Å²) in [5.41, 5.74) is 11.7. The Bertz CT molecular complexity index is 1620. The van der Waals surface area contributed by atoms with Gasteiger partial charge in [0.15, 0.2) is 0 Å². The second-order valence-corrected chi connectivity index (χ2v) is 13.2. The summed E-state index contributed by atoms with van der Waals surface area (Å²) in [6.45, 7) is 7.19. The Morgan fingerprint density at radius 1 is 0.818 bits per heavy atom. The van der Waals surface area contributed by atoms with E-state index in [4.69, 9.17) is 29.4 Å². The molecule has 1 aliphatic rings. The molecule has 3 aromatic rings. The summed E-state index contributed by atoms with van der Waals surface area (Å²) in [5.74, 6) is -0.149. The van der Waals surface area contributed by atoms with Crippen molar-refractivity contribution in [3.8, 4) is 16.9 Å². The number of pyridine rings is 1. The van der Waals surface area contributed by atoms with Crippen molar-refractivity contribution in [2.24, 2.45) is 5.73 Å². The molecule has 14 nitrogen and oxygen atoms in total. The summed E-state index contributed by atoms with van der Waals surface area (Å²) in [4.78, 5) is 41.1. The van der Waals surface area contributed by atoms with Gasteiger partial charge in [-0.25, -0.2) is 4.98 Å². The lowest BCUT2D eigenvalue weighted by Crippen LogP contribution is -2.39. The number of ether oxygens (including phenoxy) is 5. The number of hydrogen-bond donors (Lipinski definition) is 5. The number of aryl methyl sites for hydroxylation is 1. The molecule has 0 unspecified atom stereocenters. The van der Waals surface area contributed by atoms with Crippen LogP contribution in [0.1, 0.15) is 60.4 Å². The quantitative estimate of drug-likeness (QED) is 0.0703. The molecule has 0 saturated carbocycles. The number of nitrogens with zero attached hydrogens (tertiary/aromatic N) is 1. The average molecular weight is 764 g/mol. The van der Waals surface area contributed by atoms with Crippen LogP contribution in [-0.4, -0.2) is 107 Å². The molecule has 2 amide bonds. The van der Waals surface area contributed by atoms with Crippen LogP contribution in [0.2, 0.25) is 0 Å². The summed E-state index contributed by atoms with van der Waals surface area (Å²) >= 11 is 0. The van der Waals surface area contributed by atoms with E-state index in [-0.39, 0.29) is 25.3 Å². The molecular formula is C41H57N5O9. The second kappa shape index (κ2) is 24.7. The van der Waals surface area contributed by atoms with Crippen LogP contribution < -0.4 is 26.4 Å². The minimum atomic E-state index is -1.04. The summed E-state index contributed by atoms with van der Waals surface area (Å²) in [5, 5.41) is 18.2. The first-order valence-electron chi connectivity index (χ1n) is 19.2. The second-order valence-electron chi connectivity index (χ2n) is 13.2. The van der Waals surface area contributed by atoms with E-state index >= 15 is 0 Å². The summed E-state index contributed by atoms with van der Waals surface area (Å²) in [6, 6.07) is 14.8. The first-order valence-corrected chi connectivity index (χ1v) is 19.2. The fourth-order valence-electron chi connectivity index (χ4n) is 6.23. The highest BCUT2D eigenvalue weighted by atomic mass is 16.6. The molecule has 55 heavy (non-hydrogen) atoms. The molecule has 0 fully saturated rings. The Morgan fingerprint density at radius 2 is 1.47 bits per heavy atom. The highest BCUT2D eigenvalue weighted by Crippen LogP contribution is 2.37. The maximum atomic E-state index is 12.8. The number of anilines is 1. The zero-order chi connectivity index (χ0) is 39.1. The Morgan fingerprint density at radius 3 is 2.13 bits per heavy atom. The van der Waals surface area contributed by atoms with Gasteiger partial charge in [-0.15, -0.1) is 0 Å². The number of nitrogens with one attached hydrogen (secondary N) is 3. The lowest BCUT2D eigenvalue weighted by atomic mass is 9.85. The largest absolute Gasteiger partial charge is 0.491 e. The molecule has 1 aliphatic carbocycles. The van der Waals surface area contributed by atoms with E-state index in [1.54, 1.807) is 6.20 Å². The van der Waals surface area contributed by atoms with Gasteiger partial charge in [-0.3, -0.25) is 14.4 Å². The standard InChI is InChI=1S/C41H57N5O9/c1-30-14-17-44-38(27-30)43-16-4-7-39(47)45-29-40(48)46-36(28-41(49)50)32-10-8-31(9-11-32)33-12-13-37(35-6-3-2-5-34(33)35)55-26-25-54-24-23-53-22-21-52-20-19-51-18-15-42/h8-14,17,27,36H,2-7,15-16,18-26,28-29,42H2,1H3,(H,43,44)(H,45,47)(H,46,48)(H,49,50)/t36-/m0/s1. The predicted molar refractivity (Wildman–Crippen MR) is 209 cm³/mol. The van der Waals surface area contributed by atoms with E-state index in [1.807, 2.05) is 49.4 Å². The van der Waals surface area contributed by atoms with Gasteiger partial charge in [0.1, 0.15) is 18.2 Å². The number of fused-ring (bicyclic) bond motifs is 1. The molecule has 0 aliphatic heterocycles. The van der Waals surface area contributed by atoms with Gasteiger partial charge in [0.25, 0.3) is 0 Å². The molecule has 1 aromatic heterocycles. The molecule has 1 heterocycles. The number of carboxylic acids is 1. The fraction of sp³-hybridized carbons (Fsp3) is 0.512. The van der Waals surface area contributed by atoms with Gasteiger partial charge in [-0.05, 0) is 90.6 Å². The average Bonchev–Trinajstić information content (AvgIpc) is 3.18.